The van der Waals surface area contributed by atoms with Crippen molar-refractivity contribution in [2.45, 2.75) is 6.92 Å². The first kappa shape index (κ1) is 12.2. The smallest absolute Gasteiger partial charge is 0.308 e. The van der Waals surface area contributed by atoms with Gasteiger partial charge in [-0.25, -0.2) is 0 Å². The number of carbonyl (C=O) groups excluding carboxylic acids is 2. The van der Waals surface area contributed by atoms with Crippen LogP contribution in [0.2, 0.25) is 5.02 Å². The molecular formula is C10H8BrClO3. The molecular weight excluding hydrogens is 283 g/mol. The summed E-state index contributed by atoms with van der Waals surface area (Å²) in [5.74, 6) is -0.425. The number of Topliss-reactive ketones (excluding diaryl/α,β-unsaturated/α-hetero) is 1. The van der Waals surface area contributed by atoms with E-state index in [1.807, 2.05) is 0 Å². The van der Waals surface area contributed by atoms with Gasteiger partial charge in [-0.05, 0) is 18.2 Å². The molecule has 3 nitrogen and oxygen atoms in total. The summed E-state index contributed by atoms with van der Waals surface area (Å²) in [7, 11) is 0. The van der Waals surface area contributed by atoms with Crippen molar-refractivity contribution in [1.29, 1.82) is 0 Å². The standard InChI is InChI=1S/C10H8BrClO3/c1-6(13)15-10-3-2-7(12)4-8(10)9(14)5-11/h2-4H,5H2,1H3. The molecule has 0 bridgehead atoms. The number of benzene rings is 1. The molecule has 1 aromatic rings. The van der Waals surface area contributed by atoms with Gasteiger partial charge in [0.05, 0.1) is 10.9 Å². The number of rotatable bonds is 3. The Kier molecular flexibility index (Phi) is 4.29. The quantitative estimate of drug-likeness (QED) is 0.372. The lowest BCUT2D eigenvalue weighted by atomic mass is 10.1. The minimum Gasteiger partial charge on any atom is -0.426 e. The Hall–Kier alpha value is -0.870. The van der Waals surface area contributed by atoms with Crippen LogP contribution in [-0.4, -0.2) is 17.1 Å². The number of ether oxygens (including phenoxy) is 1. The van der Waals surface area contributed by atoms with Gasteiger partial charge in [0.2, 0.25) is 0 Å². The van der Waals surface area contributed by atoms with Crippen molar-refractivity contribution in [3.05, 3.63) is 28.8 Å². The van der Waals surface area contributed by atoms with Crippen molar-refractivity contribution >= 4 is 39.3 Å². The SMILES string of the molecule is CC(=O)Oc1ccc(Cl)cc1C(=O)CBr. The molecule has 0 aliphatic carbocycles. The van der Waals surface area contributed by atoms with Crippen LogP contribution in [0.4, 0.5) is 0 Å². The third-order valence-corrected chi connectivity index (χ3v) is 2.36. The van der Waals surface area contributed by atoms with E-state index in [0.29, 0.717) is 10.6 Å². The monoisotopic (exact) mass is 290 g/mol. The largest absolute Gasteiger partial charge is 0.426 e. The maximum absolute atomic E-state index is 11.5. The zero-order chi connectivity index (χ0) is 11.4. The van der Waals surface area contributed by atoms with Gasteiger partial charge in [-0.1, -0.05) is 27.5 Å². The van der Waals surface area contributed by atoms with Gasteiger partial charge in [-0.3, -0.25) is 9.59 Å². The maximum Gasteiger partial charge on any atom is 0.308 e. The Morgan fingerprint density at radius 1 is 1.47 bits per heavy atom. The van der Waals surface area contributed by atoms with Crippen LogP contribution in [0.3, 0.4) is 0 Å². The number of halogens is 2. The summed E-state index contributed by atoms with van der Waals surface area (Å²) >= 11 is 8.79. The molecule has 80 valence electrons. The molecule has 0 heterocycles. The van der Waals surface area contributed by atoms with Crippen LogP contribution >= 0.6 is 27.5 Å². The van der Waals surface area contributed by atoms with Crippen molar-refractivity contribution in [1.82, 2.24) is 0 Å². The van der Waals surface area contributed by atoms with E-state index in [4.69, 9.17) is 16.3 Å². The van der Waals surface area contributed by atoms with Gasteiger partial charge in [-0.15, -0.1) is 0 Å². The van der Waals surface area contributed by atoms with Gasteiger partial charge in [-0.2, -0.15) is 0 Å². The fourth-order valence-electron chi connectivity index (χ4n) is 1.04. The average Bonchev–Trinajstić information content (AvgIpc) is 2.19. The molecule has 0 amide bonds. The van der Waals surface area contributed by atoms with E-state index < -0.39 is 5.97 Å². The van der Waals surface area contributed by atoms with Crippen LogP contribution in [0.25, 0.3) is 0 Å². The predicted octanol–water partition coefficient (Wildman–Crippen LogP) is 2.84. The highest BCUT2D eigenvalue weighted by Gasteiger charge is 2.13. The molecule has 0 aliphatic heterocycles. The summed E-state index contributed by atoms with van der Waals surface area (Å²) in [6.45, 7) is 1.27. The van der Waals surface area contributed by atoms with E-state index in [9.17, 15) is 9.59 Å². The van der Waals surface area contributed by atoms with E-state index in [2.05, 4.69) is 15.9 Å². The summed E-state index contributed by atoms with van der Waals surface area (Å²) in [4.78, 5) is 22.3. The Labute approximate surface area is 100 Å². The number of alkyl halides is 1. The average molecular weight is 292 g/mol. The third kappa shape index (κ3) is 3.32. The topological polar surface area (TPSA) is 43.4 Å². The van der Waals surface area contributed by atoms with Crippen molar-refractivity contribution in [2.24, 2.45) is 0 Å². The van der Waals surface area contributed by atoms with Gasteiger partial charge >= 0.3 is 5.97 Å². The second-order valence-corrected chi connectivity index (χ2v) is 3.79. The molecule has 1 rings (SSSR count). The minimum atomic E-state index is -0.471. The van der Waals surface area contributed by atoms with E-state index in [1.54, 1.807) is 6.07 Å². The minimum absolute atomic E-state index is 0.154. The molecule has 15 heavy (non-hydrogen) atoms. The Morgan fingerprint density at radius 3 is 2.67 bits per heavy atom. The van der Waals surface area contributed by atoms with E-state index >= 15 is 0 Å². The van der Waals surface area contributed by atoms with Crippen molar-refractivity contribution in [2.75, 3.05) is 5.33 Å². The Morgan fingerprint density at radius 2 is 2.13 bits per heavy atom. The zero-order valence-electron chi connectivity index (χ0n) is 7.92. The van der Waals surface area contributed by atoms with Crippen LogP contribution in [0.15, 0.2) is 18.2 Å². The van der Waals surface area contributed by atoms with Gasteiger partial charge < -0.3 is 4.74 Å². The van der Waals surface area contributed by atoms with Gasteiger partial charge in [0, 0.05) is 11.9 Å². The Balaban J connectivity index is 3.14. The van der Waals surface area contributed by atoms with Crippen LogP contribution in [0.1, 0.15) is 17.3 Å². The van der Waals surface area contributed by atoms with Crippen LogP contribution in [0, 0.1) is 0 Å². The lowest BCUT2D eigenvalue weighted by Crippen LogP contribution is -2.08. The van der Waals surface area contributed by atoms with Crippen molar-refractivity contribution < 1.29 is 14.3 Å². The first-order chi connectivity index (χ1) is 7.04. The van der Waals surface area contributed by atoms with Crippen LogP contribution in [0.5, 0.6) is 5.75 Å². The van der Waals surface area contributed by atoms with E-state index in [1.165, 1.54) is 19.1 Å². The highest BCUT2D eigenvalue weighted by Crippen LogP contribution is 2.24. The number of ketones is 1. The van der Waals surface area contributed by atoms with E-state index in [-0.39, 0.29) is 16.9 Å². The second kappa shape index (κ2) is 5.28. The highest BCUT2D eigenvalue weighted by molar-refractivity contribution is 9.09. The number of carbonyl (C=O) groups is 2. The summed E-state index contributed by atoms with van der Waals surface area (Å²) in [6.07, 6.45) is 0. The summed E-state index contributed by atoms with van der Waals surface area (Å²) in [6, 6.07) is 4.54. The molecule has 0 aromatic heterocycles. The predicted molar refractivity (Wildman–Crippen MR) is 60.9 cm³/mol. The van der Waals surface area contributed by atoms with Gasteiger partial charge in [0.1, 0.15) is 5.75 Å². The zero-order valence-corrected chi connectivity index (χ0v) is 10.3. The number of hydrogen-bond donors (Lipinski definition) is 0. The molecule has 0 atom stereocenters. The molecule has 0 N–H and O–H groups in total. The van der Waals surface area contributed by atoms with E-state index in [0.717, 1.165) is 0 Å². The molecule has 0 aliphatic rings. The molecule has 5 heteroatoms. The lowest BCUT2D eigenvalue weighted by Gasteiger charge is -2.06. The lowest BCUT2D eigenvalue weighted by molar-refractivity contribution is -0.131. The maximum atomic E-state index is 11.5. The fourth-order valence-corrected chi connectivity index (χ4v) is 1.51. The fraction of sp³-hybridized carbons (Fsp3) is 0.200. The number of esters is 1. The molecule has 0 spiro atoms. The summed E-state index contributed by atoms with van der Waals surface area (Å²) < 4.78 is 4.88. The molecule has 0 saturated heterocycles. The molecule has 1 aromatic carbocycles. The van der Waals surface area contributed by atoms with Gasteiger partial charge in [0.25, 0.3) is 0 Å². The number of hydrogen-bond acceptors (Lipinski definition) is 3. The second-order valence-electron chi connectivity index (χ2n) is 2.79. The molecule has 0 saturated carbocycles. The summed E-state index contributed by atoms with van der Waals surface area (Å²) in [5.41, 5.74) is 0.301. The normalized spacial score (nSPS) is 9.80. The molecule has 0 fully saturated rings. The first-order valence-electron chi connectivity index (χ1n) is 4.11. The molecule has 0 radical (unpaired) electrons. The van der Waals surface area contributed by atoms with Crippen molar-refractivity contribution in [3.8, 4) is 5.75 Å². The summed E-state index contributed by atoms with van der Waals surface area (Å²) in [5, 5.41) is 0.580. The van der Waals surface area contributed by atoms with Crippen LogP contribution < -0.4 is 4.74 Å². The van der Waals surface area contributed by atoms with Crippen LogP contribution in [-0.2, 0) is 4.79 Å². The molecule has 0 unspecified atom stereocenters. The first-order valence-corrected chi connectivity index (χ1v) is 5.61. The third-order valence-electron chi connectivity index (χ3n) is 1.62. The van der Waals surface area contributed by atoms with Gasteiger partial charge in [0.15, 0.2) is 5.78 Å². The highest BCUT2D eigenvalue weighted by atomic mass is 79.9. The van der Waals surface area contributed by atoms with Crippen molar-refractivity contribution in [3.63, 3.8) is 0 Å². The Bertz CT molecular complexity index is 404.